The van der Waals surface area contributed by atoms with Gasteiger partial charge in [0.1, 0.15) is 0 Å². The van der Waals surface area contributed by atoms with Crippen molar-refractivity contribution in [3.63, 3.8) is 0 Å². The highest BCUT2D eigenvalue weighted by Gasteiger charge is 2.29. The maximum atomic E-state index is 12.0. The number of piperidine rings is 1. The normalized spacial score (nSPS) is 23.3. The number of hydrogen-bond acceptors (Lipinski definition) is 3. The molecule has 0 radical (unpaired) electrons. The summed E-state index contributed by atoms with van der Waals surface area (Å²) < 4.78 is 35.9. The van der Waals surface area contributed by atoms with Crippen LogP contribution in [0.4, 0.5) is 13.2 Å². The number of nitrogens with two attached hydrogens (primary N) is 1. The van der Waals surface area contributed by atoms with Crippen LogP contribution in [-0.2, 0) is 0 Å². The molecule has 1 heterocycles. The lowest BCUT2D eigenvalue weighted by Gasteiger charge is -2.34. The Labute approximate surface area is 103 Å². The van der Waals surface area contributed by atoms with E-state index >= 15 is 0 Å². The second-order valence-corrected chi connectivity index (χ2v) is 5.38. The standard InChI is InChI=1S/C9H15F3N2S2/c10-9(11,12)16-6-5-14-4-2-1-3-7(14)8(13)15/h7H,1-6H2,(H2,13,15). The molecule has 0 aromatic rings. The van der Waals surface area contributed by atoms with Crippen molar-refractivity contribution in [3.8, 4) is 0 Å². The molecule has 1 saturated heterocycles. The summed E-state index contributed by atoms with van der Waals surface area (Å²) in [6, 6.07) is -0.0161. The van der Waals surface area contributed by atoms with Crippen LogP contribution in [0.25, 0.3) is 0 Å². The summed E-state index contributed by atoms with van der Waals surface area (Å²) in [6.07, 6.45) is 2.92. The van der Waals surface area contributed by atoms with Crippen molar-refractivity contribution in [3.05, 3.63) is 0 Å². The fourth-order valence-electron chi connectivity index (χ4n) is 1.86. The number of hydrogen-bond donors (Lipinski definition) is 1. The summed E-state index contributed by atoms with van der Waals surface area (Å²) in [5.74, 6) is 0.0443. The average Bonchev–Trinajstić information content (AvgIpc) is 2.16. The lowest BCUT2D eigenvalue weighted by molar-refractivity contribution is -0.0329. The maximum absolute atomic E-state index is 12.0. The molecule has 1 atom stereocenters. The number of thiocarbonyl (C=S) groups is 1. The summed E-state index contributed by atoms with van der Waals surface area (Å²) >= 11 is 4.94. The van der Waals surface area contributed by atoms with Crippen molar-refractivity contribution in [2.24, 2.45) is 5.73 Å². The van der Waals surface area contributed by atoms with E-state index in [-0.39, 0.29) is 23.6 Å². The van der Waals surface area contributed by atoms with Gasteiger partial charge in [-0.1, -0.05) is 18.6 Å². The van der Waals surface area contributed by atoms with Crippen LogP contribution in [0.2, 0.25) is 0 Å². The molecule has 1 fully saturated rings. The monoisotopic (exact) mass is 272 g/mol. The Morgan fingerprint density at radius 2 is 2.12 bits per heavy atom. The molecule has 2 N–H and O–H groups in total. The number of rotatable bonds is 4. The van der Waals surface area contributed by atoms with Gasteiger partial charge in [-0.05, 0) is 31.1 Å². The summed E-state index contributed by atoms with van der Waals surface area (Å²) in [5, 5.41) is 0. The molecule has 0 aliphatic carbocycles. The smallest absolute Gasteiger partial charge is 0.392 e. The van der Waals surface area contributed by atoms with Gasteiger partial charge in [0.2, 0.25) is 0 Å². The predicted molar refractivity (Wildman–Crippen MR) is 64.5 cm³/mol. The first-order valence-corrected chi connectivity index (χ1v) is 6.53. The Hall–Kier alpha value is -0.0100. The first kappa shape index (κ1) is 14.1. The van der Waals surface area contributed by atoms with Gasteiger partial charge in [-0.15, -0.1) is 0 Å². The van der Waals surface area contributed by atoms with Crippen molar-refractivity contribution in [2.45, 2.75) is 30.8 Å². The Bertz CT molecular complexity index is 245. The molecule has 94 valence electrons. The molecular weight excluding hydrogens is 257 g/mol. The number of alkyl halides is 3. The third-order valence-electron chi connectivity index (χ3n) is 2.59. The Morgan fingerprint density at radius 1 is 1.44 bits per heavy atom. The fraction of sp³-hybridized carbons (Fsp3) is 0.889. The lowest BCUT2D eigenvalue weighted by Crippen LogP contribution is -2.47. The van der Waals surface area contributed by atoms with Crippen LogP contribution in [-0.4, -0.2) is 40.3 Å². The maximum Gasteiger partial charge on any atom is 0.441 e. The zero-order chi connectivity index (χ0) is 12.2. The Balaban J connectivity index is 2.36. The van der Waals surface area contributed by atoms with E-state index in [4.69, 9.17) is 18.0 Å². The van der Waals surface area contributed by atoms with Crippen molar-refractivity contribution in [1.82, 2.24) is 4.90 Å². The minimum Gasteiger partial charge on any atom is -0.392 e. The van der Waals surface area contributed by atoms with E-state index in [1.807, 2.05) is 4.90 Å². The van der Waals surface area contributed by atoms with E-state index in [0.29, 0.717) is 11.5 Å². The van der Waals surface area contributed by atoms with Gasteiger partial charge in [-0.2, -0.15) is 13.2 Å². The highest BCUT2D eigenvalue weighted by atomic mass is 32.2. The van der Waals surface area contributed by atoms with Crippen LogP contribution in [0.15, 0.2) is 0 Å². The number of thioether (sulfide) groups is 1. The lowest BCUT2D eigenvalue weighted by atomic mass is 10.0. The number of nitrogens with zero attached hydrogens (tertiary/aromatic N) is 1. The van der Waals surface area contributed by atoms with Gasteiger partial charge in [-0.25, -0.2) is 0 Å². The summed E-state index contributed by atoms with van der Waals surface area (Å²) in [7, 11) is 0. The van der Waals surface area contributed by atoms with Crippen molar-refractivity contribution in [1.29, 1.82) is 0 Å². The van der Waals surface area contributed by atoms with E-state index in [2.05, 4.69) is 0 Å². The molecular formula is C9H15F3N2S2. The topological polar surface area (TPSA) is 29.3 Å². The third kappa shape index (κ3) is 4.88. The summed E-state index contributed by atoms with van der Waals surface area (Å²) in [6.45, 7) is 1.19. The van der Waals surface area contributed by atoms with E-state index in [1.165, 1.54) is 0 Å². The predicted octanol–water partition coefficient (Wildman–Crippen LogP) is 2.38. The van der Waals surface area contributed by atoms with Crippen LogP contribution >= 0.6 is 24.0 Å². The van der Waals surface area contributed by atoms with E-state index in [1.54, 1.807) is 0 Å². The van der Waals surface area contributed by atoms with Crippen molar-refractivity contribution >= 4 is 29.0 Å². The SMILES string of the molecule is NC(=S)C1CCCCN1CCSC(F)(F)F. The van der Waals surface area contributed by atoms with E-state index in [0.717, 1.165) is 25.8 Å². The van der Waals surface area contributed by atoms with Crippen molar-refractivity contribution < 1.29 is 13.2 Å². The molecule has 1 unspecified atom stereocenters. The van der Waals surface area contributed by atoms with Gasteiger partial charge in [-0.3, -0.25) is 4.90 Å². The molecule has 1 rings (SSSR count). The minimum atomic E-state index is -4.14. The van der Waals surface area contributed by atoms with E-state index < -0.39 is 5.51 Å². The summed E-state index contributed by atoms with van der Waals surface area (Å²) in [5.41, 5.74) is 1.43. The highest BCUT2D eigenvalue weighted by molar-refractivity contribution is 8.00. The van der Waals surface area contributed by atoms with Gasteiger partial charge in [0.15, 0.2) is 0 Å². The number of likely N-dealkylation sites (tertiary alicyclic amines) is 1. The zero-order valence-corrected chi connectivity index (χ0v) is 10.4. The second kappa shape index (κ2) is 6.07. The van der Waals surface area contributed by atoms with Crippen LogP contribution < -0.4 is 5.73 Å². The van der Waals surface area contributed by atoms with Gasteiger partial charge < -0.3 is 5.73 Å². The van der Waals surface area contributed by atoms with Gasteiger partial charge in [0, 0.05) is 12.3 Å². The minimum absolute atomic E-state index is 0.0152. The average molecular weight is 272 g/mol. The second-order valence-electron chi connectivity index (χ2n) is 3.74. The van der Waals surface area contributed by atoms with Crippen LogP contribution in [0.3, 0.4) is 0 Å². The molecule has 16 heavy (non-hydrogen) atoms. The van der Waals surface area contributed by atoms with Crippen LogP contribution in [0, 0.1) is 0 Å². The van der Waals surface area contributed by atoms with Crippen LogP contribution in [0.5, 0.6) is 0 Å². The molecule has 1 aliphatic rings. The van der Waals surface area contributed by atoms with Gasteiger partial charge in [0.25, 0.3) is 0 Å². The first-order valence-electron chi connectivity index (χ1n) is 5.14. The highest BCUT2D eigenvalue weighted by Crippen LogP contribution is 2.30. The quantitative estimate of drug-likeness (QED) is 0.796. The zero-order valence-electron chi connectivity index (χ0n) is 8.79. The molecule has 0 aromatic carbocycles. The third-order valence-corrected chi connectivity index (χ3v) is 3.57. The largest absolute Gasteiger partial charge is 0.441 e. The molecule has 0 bridgehead atoms. The molecule has 0 aromatic heterocycles. The number of halogens is 3. The fourth-order valence-corrected chi connectivity index (χ4v) is 2.68. The summed E-state index contributed by atoms with van der Waals surface area (Å²) in [4.78, 5) is 2.36. The van der Waals surface area contributed by atoms with Gasteiger partial charge >= 0.3 is 5.51 Å². The van der Waals surface area contributed by atoms with Crippen molar-refractivity contribution in [2.75, 3.05) is 18.8 Å². The van der Waals surface area contributed by atoms with E-state index in [9.17, 15) is 13.2 Å². The first-order chi connectivity index (χ1) is 7.40. The van der Waals surface area contributed by atoms with Gasteiger partial charge in [0.05, 0.1) is 11.0 Å². The molecule has 0 spiro atoms. The van der Waals surface area contributed by atoms with Crippen LogP contribution in [0.1, 0.15) is 19.3 Å². The molecule has 1 aliphatic heterocycles. The Morgan fingerprint density at radius 3 is 2.69 bits per heavy atom. The Kier molecular flexibility index (Phi) is 5.33. The molecule has 7 heteroatoms. The molecule has 2 nitrogen and oxygen atoms in total. The molecule has 0 saturated carbocycles. The molecule has 0 amide bonds.